The molecule has 2 aromatic rings. The average molecular weight is 227 g/mol. The van der Waals surface area contributed by atoms with Gasteiger partial charge in [-0.15, -0.1) is 6.42 Å². The molecule has 0 atom stereocenters. The molecule has 0 bridgehead atoms. The molecule has 2 aromatic carbocycles. The molecule has 0 nitrogen and oxygen atoms in total. The fraction of sp³-hybridized carbons (Fsp3) is 0.0667. The highest BCUT2D eigenvalue weighted by Crippen LogP contribution is 2.25. The Bertz CT molecular complexity index is 545. The van der Waals surface area contributed by atoms with E-state index in [9.17, 15) is 0 Å². The lowest BCUT2D eigenvalue weighted by molar-refractivity contribution is 1.45. The van der Waals surface area contributed by atoms with Crippen molar-refractivity contribution in [1.82, 2.24) is 0 Å². The lowest BCUT2D eigenvalue weighted by Crippen LogP contribution is -1.85. The van der Waals surface area contributed by atoms with E-state index in [-0.39, 0.29) is 0 Å². The van der Waals surface area contributed by atoms with Crippen LogP contribution < -0.4 is 0 Å². The zero-order valence-corrected chi connectivity index (χ0v) is 9.75. The summed E-state index contributed by atoms with van der Waals surface area (Å²) in [5.41, 5.74) is 4.29. The Morgan fingerprint density at radius 3 is 2.38 bits per heavy atom. The second-order valence-electron chi connectivity index (χ2n) is 3.70. The summed E-state index contributed by atoms with van der Waals surface area (Å²) >= 11 is 5.86. The largest absolute Gasteiger partial charge is 0.115 e. The molecule has 0 fully saturated rings. The summed E-state index contributed by atoms with van der Waals surface area (Å²) in [6.07, 6.45) is 5.49. The predicted molar refractivity (Wildman–Crippen MR) is 69.6 cm³/mol. The number of rotatable bonds is 1. The number of halogens is 1. The second-order valence-corrected chi connectivity index (χ2v) is 4.14. The maximum Gasteiger partial charge on any atom is 0.0406 e. The normalized spacial score (nSPS) is 9.81. The fourth-order valence-electron chi connectivity index (χ4n) is 1.65. The Kier molecular flexibility index (Phi) is 2.99. The van der Waals surface area contributed by atoms with Crippen molar-refractivity contribution < 1.29 is 0 Å². The molecule has 0 aliphatic rings. The van der Waals surface area contributed by atoms with E-state index < -0.39 is 0 Å². The molecule has 0 saturated carbocycles. The summed E-state index contributed by atoms with van der Waals surface area (Å²) in [4.78, 5) is 0. The minimum absolute atomic E-state index is 0.735. The first-order valence-corrected chi connectivity index (χ1v) is 5.42. The van der Waals surface area contributed by atoms with Crippen molar-refractivity contribution >= 4 is 11.6 Å². The van der Waals surface area contributed by atoms with Crippen LogP contribution in [-0.2, 0) is 0 Å². The third-order valence-electron chi connectivity index (χ3n) is 2.49. The molecule has 0 unspecified atom stereocenters. The molecule has 0 radical (unpaired) electrons. The van der Waals surface area contributed by atoms with Gasteiger partial charge in [-0.25, -0.2) is 0 Å². The zero-order chi connectivity index (χ0) is 11.5. The lowest BCUT2D eigenvalue weighted by Gasteiger charge is -2.06. The first kappa shape index (κ1) is 10.8. The lowest BCUT2D eigenvalue weighted by atomic mass is 9.98. The minimum atomic E-state index is 0.735. The molecule has 0 aromatic heterocycles. The van der Waals surface area contributed by atoms with Gasteiger partial charge in [-0.3, -0.25) is 0 Å². The molecule has 0 N–H and O–H groups in total. The van der Waals surface area contributed by atoms with Crippen molar-refractivity contribution in [3.8, 4) is 23.5 Å². The fourth-order valence-corrected chi connectivity index (χ4v) is 1.78. The standard InChI is InChI=1S/C15H11Cl/c1-3-12-5-4-11(2)10-15(12)13-6-8-14(16)9-7-13/h1,4-10H,2H3. The van der Waals surface area contributed by atoms with Crippen LogP contribution in [0.1, 0.15) is 11.1 Å². The van der Waals surface area contributed by atoms with Crippen LogP contribution in [-0.4, -0.2) is 0 Å². The van der Waals surface area contributed by atoms with E-state index in [2.05, 4.69) is 18.9 Å². The highest BCUT2D eigenvalue weighted by molar-refractivity contribution is 6.30. The Hall–Kier alpha value is -1.71. The Labute approximate surface area is 101 Å². The van der Waals surface area contributed by atoms with Crippen LogP contribution in [0.3, 0.4) is 0 Å². The van der Waals surface area contributed by atoms with E-state index in [0.29, 0.717) is 0 Å². The summed E-state index contributed by atoms with van der Waals surface area (Å²) in [7, 11) is 0. The summed E-state index contributed by atoms with van der Waals surface area (Å²) in [6, 6.07) is 13.8. The molecule has 1 heteroatoms. The smallest absolute Gasteiger partial charge is 0.0406 e. The van der Waals surface area contributed by atoms with E-state index in [4.69, 9.17) is 18.0 Å². The van der Waals surface area contributed by atoms with Crippen LogP contribution in [0, 0.1) is 19.3 Å². The number of benzene rings is 2. The van der Waals surface area contributed by atoms with Gasteiger partial charge in [0.25, 0.3) is 0 Å². The topological polar surface area (TPSA) is 0 Å². The van der Waals surface area contributed by atoms with Crippen molar-refractivity contribution in [3.05, 3.63) is 58.6 Å². The van der Waals surface area contributed by atoms with Gasteiger partial charge in [-0.05, 0) is 36.2 Å². The summed E-state index contributed by atoms with van der Waals surface area (Å²) < 4.78 is 0. The first-order valence-electron chi connectivity index (χ1n) is 5.04. The maximum atomic E-state index is 5.86. The van der Waals surface area contributed by atoms with Crippen molar-refractivity contribution in [2.75, 3.05) is 0 Å². The van der Waals surface area contributed by atoms with Crippen molar-refractivity contribution in [1.29, 1.82) is 0 Å². The summed E-state index contributed by atoms with van der Waals surface area (Å²) in [6.45, 7) is 2.06. The van der Waals surface area contributed by atoms with Gasteiger partial charge < -0.3 is 0 Å². The third-order valence-corrected chi connectivity index (χ3v) is 2.74. The minimum Gasteiger partial charge on any atom is -0.115 e. The molecular formula is C15H11Cl. The van der Waals surface area contributed by atoms with Gasteiger partial charge in [-0.2, -0.15) is 0 Å². The van der Waals surface area contributed by atoms with E-state index in [0.717, 1.165) is 21.7 Å². The number of hydrogen-bond donors (Lipinski definition) is 0. The maximum absolute atomic E-state index is 5.86. The van der Waals surface area contributed by atoms with E-state index in [1.807, 2.05) is 36.4 Å². The summed E-state index contributed by atoms with van der Waals surface area (Å²) in [5, 5.41) is 0.735. The molecule has 16 heavy (non-hydrogen) atoms. The van der Waals surface area contributed by atoms with Crippen LogP contribution >= 0.6 is 11.6 Å². The van der Waals surface area contributed by atoms with Crippen molar-refractivity contribution in [3.63, 3.8) is 0 Å². The van der Waals surface area contributed by atoms with E-state index in [1.54, 1.807) is 0 Å². The van der Waals surface area contributed by atoms with E-state index in [1.165, 1.54) is 5.56 Å². The number of terminal acetylenes is 1. The van der Waals surface area contributed by atoms with Crippen molar-refractivity contribution in [2.45, 2.75) is 6.92 Å². The molecular weight excluding hydrogens is 216 g/mol. The average Bonchev–Trinajstić information content (AvgIpc) is 2.30. The van der Waals surface area contributed by atoms with Gasteiger partial charge in [0.05, 0.1) is 0 Å². The molecule has 2 rings (SSSR count). The third kappa shape index (κ3) is 2.10. The Balaban J connectivity index is 2.59. The molecule has 0 amide bonds. The Morgan fingerprint density at radius 1 is 1.06 bits per heavy atom. The van der Waals surface area contributed by atoms with Crippen LogP contribution in [0.5, 0.6) is 0 Å². The predicted octanol–water partition coefficient (Wildman–Crippen LogP) is 4.30. The SMILES string of the molecule is C#Cc1ccc(C)cc1-c1ccc(Cl)cc1. The highest BCUT2D eigenvalue weighted by atomic mass is 35.5. The van der Waals surface area contributed by atoms with Gasteiger partial charge in [0, 0.05) is 10.6 Å². The quantitative estimate of drug-likeness (QED) is 0.636. The first-order chi connectivity index (χ1) is 7.70. The van der Waals surface area contributed by atoms with Crippen LogP contribution in [0.25, 0.3) is 11.1 Å². The molecule has 78 valence electrons. The zero-order valence-electron chi connectivity index (χ0n) is 9.00. The van der Waals surface area contributed by atoms with Gasteiger partial charge >= 0.3 is 0 Å². The number of hydrogen-bond acceptors (Lipinski definition) is 0. The van der Waals surface area contributed by atoms with Gasteiger partial charge in [0.1, 0.15) is 0 Å². The highest BCUT2D eigenvalue weighted by Gasteiger charge is 2.03. The van der Waals surface area contributed by atoms with Crippen molar-refractivity contribution in [2.24, 2.45) is 0 Å². The second kappa shape index (κ2) is 4.43. The molecule has 0 aliphatic carbocycles. The monoisotopic (exact) mass is 226 g/mol. The van der Waals surface area contributed by atoms with Gasteiger partial charge in [0.15, 0.2) is 0 Å². The molecule has 0 aliphatic heterocycles. The molecule has 0 saturated heterocycles. The van der Waals surface area contributed by atoms with Crippen LogP contribution in [0.2, 0.25) is 5.02 Å². The van der Waals surface area contributed by atoms with E-state index >= 15 is 0 Å². The molecule has 0 heterocycles. The van der Waals surface area contributed by atoms with Crippen LogP contribution in [0.15, 0.2) is 42.5 Å². The Morgan fingerprint density at radius 2 is 1.75 bits per heavy atom. The molecule has 0 spiro atoms. The van der Waals surface area contributed by atoms with Gasteiger partial charge in [-0.1, -0.05) is 47.4 Å². The number of aryl methyl sites for hydroxylation is 1. The van der Waals surface area contributed by atoms with Crippen LogP contribution in [0.4, 0.5) is 0 Å². The van der Waals surface area contributed by atoms with Gasteiger partial charge in [0.2, 0.25) is 0 Å². The summed E-state index contributed by atoms with van der Waals surface area (Å²) in [5.74, 6) is 2.70.